The van der Waals surface area contributed by atoms with E-state index in [1.165, 1.54) is 0 Å². The van der Waals surface area contributed by atoms with Crippen molar-refractivity contribution in [2.45, 2.75) is 19.8 Å². The average molecular weight is 155 g/mol. The summed E-state index contributed by atoms with van der Waals surface area (Å²) < 4.78 is 31.8. The van der Waals surface area contributed by atoms with Crippen LogP contribution in [0.4, 0.5) is 4.48 Å². The Morgan fingerprint density at radius 2 is 2.11 bits per heavy atom. The SMILES string of the molecule is CCCCS(=O)(=O)NF. The van der Waals surface area contributed by atoms with E-state index in [4.69, 9.17) is 0 Å². The summed E-state index contributed by atoms with van der Waals surface area (Å²) in [5.41, 5.74) is 0. The van der Waals surface area contributed by atoms with Gasteiger partial charge in [-0.15, -0.1) is 4.48 Å². The summed E-state index contributed by atoms with van der Waals surface area (Å²) in [6, 6.07) is 0. The highest BCUT2D eigenvalue weighted by atomic mass is 32.2. The summed E-state index contributed by atoms with van der Waals surface area (Å²) in [4.78, 5) is 0.748. The molecular formula is C4H10FNO2S. The second-order valence-electron chi connectivity index (χ2n) is 1.75. The van der Waals surface area contributed by atoms with Crippen LogP contribution < -0.4 is 4.94 Å². The summed E-state index contributed by atoms with van der Waals surface area (Å²) in [6.07, 6.45) is 1.25. The Morgan fingerprint density at radius 1 is 1.56 bits per heavy atom. The number of hydrogen-bond acceptors (Lipinski definition) is 2. The maximum absolute atomic E-state index is 11.3. The maximum atomic E-state index is 11.3. The van der Waals surface area contributed by atoms with E-state index < -0.39 is 10.0 Å². The number of nitrogens with one attached hydrogen (secondary N) is 1. The lowest BCUT2D eigenvalue weighted by atomic mass is 10.4. The Bertz CT molecular complexity index is 154. The molecule has 0 saturated heterocycles. The van der Waals surface area contributed by atoms with E-state index in [1.54, 1.807) is 0 Å². The monoisotopic (exact) mass is 155 g/mol. The van der Waals surface area contributed by atoms with Crippen LogP contribution in [0.1, 0.15) is 19.8 Å². The zero-order valence-electron chi connectivity index (χ0n) is 5.22. The quantitative estimate of drug-likeness (QED) is 0.604. The van der Waals surface area contributed by atoms with Gasteiger partial charge in [0.25, 0.3) is 0 Å². The molecule has 0 aliphatic rings. The lowest BCUT2D eigenvalue weighted by molar-refractivity contribution is 0.425. The molecule has 0 unspecified atom stereocenters. The molecule has 1 N–H and O–H groups in total. The van der Waals surface area contributed by atoms with Crippen molar-refractivity contribution >= 4 is 10.0 Å². The van der Waals surface area contributed by atoms with Crippen LogP contribution in [-0.4, -0.2) is 14.2 Å². The average Bonchev–Trinajstić information content (AvgIpc) is 1.84. The molecule has 0 saturated carbocycles. The minimum Gasteiger partial charge on any atom is -0.210 e. The van der Waals surface area contributed by atoms with E-state index in [9.17, 15) is 12.9 Å². The van der Waals surface area contributed by atoms with Gasteiger partial charge >= 0.3 is 0 Å². The van der Waals surface area contributed by atoms with E-state index in [-0.39, 0.29) is 5.75 Å². The smallest absolute Gasteiger partial charge is 0.210 e. The highest BCUT2D eigenvalue weighted by Gasteiger charge is 2.06. The van der Waals surface area contributed by atoms with Gasteiger partial charge in [0.15, 0.2) is 0 Å². The summed E-state index contributed by atoms with van der Waals surface area (Å²) in [7, 11) is -3.60. The highest BCUT2D eigenvalue weighted by molar-refractivity contribution is 7.89. The number of unbranched alkanes of at least 4 members (excludes halogenated alkanes) is 1. The van der Waals surface area contributed by atoms with Crippen LogP contribution in [0.2, 0.25) is 0 Å². The van der Waals surface area contributed by atoms with Crippen LogP contribution in [0.25, 0.3) is 0 Å². The molecule has 0 amide bonds. The highest BCUT2D eigenvalue weighted by Crippen LogP contribution is 1.92. The third-order valence-electron chi connectivity index (χ3n) is 0.884. The zero-order valence-corrected chi connectivity index (χ0v) is 6.04. The second-order valence-corrected chi connectivity index (χ2v) is 3.54. The lowest BCUT2D eigenvalue weighted by Gasteiger charge is -1.94. The van der Waals surface area contributed by atoms with Crippen LogP contribution in [0.5, 0.6) is 0 Å². The molecule has 0 aliphatic heterocycles. The summed E-state index contributed by atoms with van der Waals surface area (Å²) in [5, 5.41) is 0. The first-order chi connectivity index (χ1) is 4.12. The normalized spacial score (nSPS) is 11.8. The van der Waals surface area contributed by atoms with Crippen molar-refractivity contribution < 1.29 is 12.9 Å². The largest absolute Gasteiger partial charge is 0.237 e. The molecule has 5 heteroatoms. The van der Waals surface area contributed by atoms with Crippen molar-refractivity contribution in [1.82, 2.24) is 4.94 Å². The van der Waals surface area contributed by atoms with Gasteiger partial charge in [-0.3, -0.25) is 0 Å². The van der Waals surface area contributed by atoms with Crippen LogP contribution in [0.3, 0.4) is 0 Å². The number of rotatable bonds is 4. The third kappa shape index (κ3) is 4.35. The van der Waals surface area contributed by atoms with Crippen molar-refractivity contribution in [1.29, 1.82) is 0 Å². The van der Waals surface area contributed by atoms with Gasteiger partial charge in [-0.05, 0) is 6.42 Å². The van der Waals surface area contributed by atoms with Gasteiger partial charge in [0.1, 0.15) is 0 Å². The standard InChI is InChI=1S/C4H10FNO2S/c1-2-3-4-9(7,8)6-5/h6H,2-4H2,1H3. The predicted octanol–water partition coefficient (Wildman–Crippen LogP) is 0.590. The van der Waals surface area contributed by atoms with E-state index >= 15 is 0 Å². The van der Waals surface area contributed by atoms with Crippen molar-refractivity contribution in [2.24, 2.45) is 0 Å². The lowest BCUT2D eigenvalue weighted by Crippen LogP contribution is -2.18. The summed E-state index contributed by atoms with van der Waals surface area (Å²) >= 11 is 0. The molecule has 0 radical (unpaired) electrons. The van der Waals surface area contributed by atoms with E-state index in [0.29, 0.717) is 6.42 Å². The van der Waals surface area contributed by atoms with Gasteiger partial charge in [-0.25, -0.2) is 8.42 Å². The molecule has 0 bridgehead atoms. The Labute approximate surface area is 54.2 Å². The van der Waals surface area contributed by atoms with Gasteiger partial charge < -0.3 is 0 Å². The van der Waals surface area contributed by atoms with Crippen LogP contribution in [0, 0.1) is 0 Å². The fourth-order valence-electron chi connectivity index (χ4n) is 0.373. The van der Waals surface area contributed by atoms with Gasteiger partial charge in [0, 0.05) is 0 Å². The first-order valence-corrected chi connectivity index (χ1v) is 4.37. The fourth-order valence-corrected chi connectivity index (χ4v) is 1.12. The summed E-state index contributed by atoms with van der Waals surface area (Å²) in [6.45, 7) is 1.84. The Hall–Kier alpha value is -0.160. The molecular weight excluding hydrogens is 145 g/mol. The van der Waals surface area contributed by atoms with Crippen molar-refractivity contribution in [3.8, 4) is 0 Å². The summed E-state index contributed by atoms with van der Waals surface area (Å²) in [5.74, 6) is -0.125. The third-order valence-corrected chi connectivity index (χ3v) is 1.95. The molecule has 0 fully saturated rings. The van der Waals surface area contributed by atoms with E-state index in [0.717, 1.165) is 11.4 Å². The molecule has 0 aliphatic carbocycles. The van der Waals surface area contributed by atoms with Gasteiger partial charge in [-0.2, -0.15) is 0 Å². The molecule has 0 aromatic rings. The van der Waals surface area contributed by atoms with Gasteiger partial charge in [-0.1, -0.05) is 18.3 Å². The van der Waals surface area contributed by atoms with Crippen LogP contribution in [-0.2, 0) is 10.0 Å². The van der Waals surface area contributed by atoms with Crippen molar-refractivity contribution in [3.05, 3.63) is 0 Å². The zero-order chi connectivity index (χ0) is 7.33. The molecule has 0 aromatic carbocycles. The topological polar surface area (TPSA) is 46.2 Å². The second kappa shape index (κ2) is 3.79. The van der Waals surface area contributed by atoms with Gasteiger partial charge in [0.2, 0.25) is 10.0 Å². The first-order valence-electron chi connectivity index (χ1n) is 2.72. The molecule has 3 nitrogen and oxygen atoms in total. The minimum atomic E-state index is -3.60. The van der Waals surface area contributed by atoms with E-state index in [2.05, 4.69) is 0 Å². The number of sulfonamides is 1. The molecule has 0 rings (SSSR count). The first kappa shape index (κ1) is 8.84. The van der Waals surface area contributed by atoms with Gasteiger partial charge in [0.05, 0.1) is 5.75 Å². The van der Waals surface area contributed by atoms with Crippen molar-refractivity contribution in [3.63, 3.8) is 0 Å². The number of hydrogen-bond donors (Lipinski definition) is 1. The Balaban J connectivity index is 3.61. The molecule has 9 heavy (non-hydrogen) atoms. The van der Waals surface area contributed by atoms with E-state index in [1.807, 2.05) is 6.92 Å². The Morgan fingerprint density at radius 3 is 2.44 bits per heavy atom. The molecule has 0 atom stereocenters. The molecule has 0 spiro atoms. The van der Waals surface area contributed by atoms with Crippen molar-refractivity contribution in [2.75, 3.05) is 5.75 Å². The van der Waals surface area contributed by atoms with Crippen LogP contribution >= 0.6 is 0 Å². The van der Waals surface area contributed by atoms with Crippen LogP contribution in [0.15, 0.2) is 0 Å². The molecule has 56 valence electrons. The fraction of sp³-hybridized carbons (Fsp3) is 1.00. The molecule has 0 aromatic heterocycles. The maximum Gasteiger partial charge on any atom is 0.237 e. The number of halogens is 1. The molecule has 0 heterocycles. The Kier molecular flexibility index (Phi) is 3.72. The minimum absolute atomic E-state index is 0.125. The predicted molar refractivity (Wildman–Crippen MR) is 32.9 cm³/mol.